The first-order valence-electron chi connectivity index (χ1n) is 6.35. The second-order valence-electron chi connectivity index (χ2n) is 4.83. The zero-order valence-electron chi connectivity index (χ0n) is 11.1. The Kier molecular flexibility index (Phi) is 3.96. The van der Waals surface area contributed by atoms with Crippen molar-refractivity contribution in [2.75, 3.05) is 7.05 Å². The first-order chi connectivity index (χ1) is 8.94. The summed E-state index contributed by atoms with van der Waals surface area (Å²) in [4.78, 5) is 12.2. The lowest BCUT2D eigenvalue weighted by atomic mass is 10.2. The Morgan fingerprint density at radius 3 is 2.58 bits per heavy atom. The van der Waals surface area contributed by atoms with Crippen molar-refractivity contribution in [3.63, 3.8) is 0 Å². The van der Waals surface area contributed by atoms with Gasteiger partial charge in [-0.15, -0.1) is 0 Å². The van der Waals surface area contributed by atoms with Gasteiger partial charge in [0, 0.05) is 19.3 Å². The molecule has 7 heteroatoms. The van der Waals surface area contributed by atoms with E-state index in [2.05, 4.69) is 10.0 Å². The maximum absolute atomic E-state index is 12.1. The number of sulfonamides is 1. The highest BCUT2D eigenvalue weighted by molar-refractivity contribution is 7.89. The molecule has 0 saturated heterocycles. The molecule has 0 unspecified atom stereocenters. The molecule has 1 amide bonds. The first-order valence-corrected chi connectivity index (χ1v) is 7.83. The van der Waals surface area contributed by atoms with Crippen LogP contribution in [0.1, 0.15) is 36.2 Å². The van der Waals surface area contributed by atoms with Gasteiger partial charge in [-0.3, -0.25) is 4.79 Å². The minimum Gasteiger partial charge on any atom is -0.348 e. The molecule has 106 valence electrons. The first kappa shape index (κ1) is 14.1. The molecular formula is C12H19N3O3S. The van der Waals surface area contributed by atoms with Gasteiger partial charge in [0.15, 0.2) is 0 Å². The number of carbonyl (C=O) groups is 1. The van der Waals surface area contributed by atoms with Gasteiger partial charge in [-0.25, -0.2) is 13.1 Å². The van der Waals surface area contributed by atoms with Gasteiger partial charge in [0.05, 0.1) is 0 Å². The van der Waals surface area contributed by atoms with Crippen LogP contribution in [0.15, 0.2) is 17.2 Å². The van der Waals surface area contributed by atoms with Crippen molar-refractivity contribution in [2.45, 2.75) is 36.6 Å². The van der Waals surface area contributed by atoms with E-state index in [4.69, 9.17) is 0 Å². The van der Waals surface area contributed by atoms with Crippen LogP contribution in [0.5, 0.6) is 0 Å². The topological polar surface area (TPSA) is 80.2 Å². The molecule has 6 nitrogen and oxygen atoms in total. The van der Waals surface area contributed by atoms with Crippen LogP contribution in [0.3, 0.4) is 0 Å². The van der Waals surface area contributed by atoms with Crippen molar-refractivity contribution in [3.8, 4) is 0 Å². The van der Waals surface area contributed by atoms with Crippen molar-refractivity contribution >= 4 is 15.9 Å². The monoisotopic (exact) mass is 285 g/mol. The summed E-state index contributed by atoms with van der Waals surface area (Å²) in [5, 5.41) is 2.94. The lowest BCUT2D eigenvalue weighted by Crippen LogP contribution is -2.33. The molecule has 0 aliphatic heterocycles. The van der Waals surface area contributed by atoms with Gasteiger partial charge in [0.2, 0.25) is 10.0 Å². The van der Waals surface area contributed by atoms with E-state index >= 15 is 0 Å². The molecule has 0 spiro atoms. The highest BCUT2D eigenvalue weighted by Crippen LogP contribution is 2.19. The zero-order valence-corrected chi connectivity index (χ0v) is 12.0. The Morgan fingerprint density at radius 1 is 1.37 bits per heavy atom. The molecule has 19 heavy (non-hydrogen) atoms. The number of hydrogen-bond acceptors (Lipinski definition) is 3. The SMILES string of the molecule is CNS(=O)(=O)c1cc(C(=O)NC2CCCC2)n(C)c1. The quantitative estimate of drug-likeness (QED) is 0.850. The van der Waals surface area contributed by atoms with E-state index in [1.54, 1.807) is 7.05 Å². The third kappa shape index (κ3) is 2.98. The Morgan fingerprint density at radius 2 is 2.00 bits per heavy atom. The van der Waals surface area contributed by atoms with E-state index in [1.165, 1.54) is 23.9 Å². The number of aromatic nitrogens is 1. The Balaban J connectivity index is 2.18. The molecule has 1 aliphatic rings. The average molecular weight is 285 g/mol. The van der Waals surface area contributed by atoms with Crippen LogP contribution in [0.2, 0.25) is 0 Å². The summed E-state index contributed by atoms with van der Waals surface area (Å²) in [6.45, 7) is 0. The molecule has 1 saturated carbocycles. The van der Waals surface area contributed by atoms with E-state index < -0.39 is 10.0 Å². The predicted molar refractivity (Wildman–Crippen MR) is 71.4 cm³/mol. The average Bonchev–Trinajstić information content (AvgIpc) is 2.98. The van der Waals surface area contributed by atoms with Crippen LogP contribution in [0, 0.1) is 0 Å². The fourth-order valence-electron chi connectivity index (χ4n) is 2.35. The largest absolute Gasteiger partial charge is 0.348 e. The fourth-order valence-corrected chi connectivity index (χ4v) is 3.15. The highest BCUT2D eigenvalue weighted by atomic mass is 32.2. The highest BCUT2D eigenvalue weighted by Gasteiger charge is 2.22. The number of nitrogens with one attached hydrogen (secondary N) is 2. The summed E-state index contributed by atoms with van der Waals surface area (Å²) in [6, 6.07) is 1.61. The standard InChI is InChI=1S/C12H19N3O3S/c1-13-19(17,18)10-7-11(15(2)8-10)12(16)14-9-5-3-4-6-9/h7-9,13H,3-6H2,1-2H3,(H,14,16). The van der Waals surface area contributed by atoms with Crippen LogP contribution < -0.4 is 10.0 Å². The molecule has 0 aromatic carbocycles. The smallest absolute Gasteiger partial charge is 0.268 e. The summed E-state index contributed by atoms with van der Waals surface area (Å²) < 4.78 is 27.1. The normalized spacial score (nSPS) is 16.7. The van der Waals surface area contributed by atoms with Crippen LogP contribution in [-0.4, -0.2) is 32.0 Å². The molecule has 2 N–H and O–H groups in total. The van der Waals surface area contributed by atoms with Crippen LogP contribution in [0.4, 0.5) is 0 Å². The van der Waals surface area contributed by atoms with Gasteiger partial charge in [0.1, 0.15) is 10.6 Å². The second-order valence-corrected chi connectivity index (χ2v) is 6.72. The third-order valence-electron chi connectivity index (χ3n) is 3.48. The molecule has 0 bridgehead atoms. The molecule has 0 radical (unpaired) electrons. The molecule has 1 heterocycles. The van der Waals surface area contributed by atoms with Crippen LogP contribution >= 0.6 is 0 Å². The molecule has 1 aliphatic carbocycles. The van der Waals surface area contributed by atoms with E-state index in [0.717, 1.165) is 25.7 Å². The maximum atomic E-state index is 12.1. The van der Waals surface area contributed by atoms with Crippen LogP contribution in [0.25, 0.3) is 0 Å². The van der Waals surface area contributed by atoms with E-state index in [1.807, 2.05) is 0 Å². The fraction of sp³-hybridized carbons (Fsp3) is 0.583. The number of rotatable bonds is 4. The zero-order chi connectivity index (χ0) is 14.0. The maximum Gasteiger partial charge on any atom is 0.268 e. The number of aryl methyl sites for hydroxylation is 1. The summed E-state index contributed by atoms with van der Waals surface area (Å²) in [5.41, 5.74) is 0.362. The van der Waals surface area contributed by atoms with Crippen LogP contribution in [-0.2, 0) is 17.1 Å². The third-order valence-corrected chi connectivity index (χ3v) is 4.86. The lowest BCUT2D eigenvalue weighted by molar-refractivity contribution is 0.0929. The summed E-state index contributed by atoms with van der Waals surface area (Å²) >= 11 is 0. The van der Waals surface area contributed by atoms with Gasteiger partial charge < -0.3 is 9.88 Å². The van der Waals surface area contributed by atoms with Gasteiger partial charge in [0.25, 0.3) is 5.91 Å². The minimum atomic E-state index is -3.51. The molecule has 0 atom stereocenters. The Labute approximate surface area is 113 Å². The van der Waals surface area contributed by atoms with Crippen molar-refractivity contribution in [1.29, 1.82) is 0 Å². The van der Waals surface area contributed by atoms with Crippen molar-refractivity contribution in [1.82, 2.24) is 14.6 Å². The second kappa shape index (κ2) is 5.34. The number of amides is 1. The van der Waals surface area contributed by atoms with Crippen molar-refractivity contribution < 1.29 is 13.2 Å². The van der Waals surface area contributed by atoms with Crippen molar-refractivity contribution in [2.24, 2.45) is 7.05 Å². The van der Waals surface area contributed by atoms with E-state index in [0.29, 0.717) is 5.69 Å². The van der Waals surface area contributed by atoms with Crippen molar-refractivity contribution in [3.05, 3.63) is 18.0 Å². The molecule has 1 fully saturated rings. The van der Waals surface area contributed by atoms with Gasteiger partial charge >= 0.3 is 0 Å². The molecule has 2 rings (SSSR count). The molecule has 1 aromatic heterocycles. The summed E-state index contributed by atoms with van der Waals surface area (Å²) in [5.74, 6) is -0.216. The van der Waals surface area contributed by atoms with Gasteiger partial charge in [-0.1, -0.05) is 12.8 Å². The molecular weight excluding hydrogens is 266 g/mol. The van der Waals surface area contributed by atoms with Gasteiger partial charge in [-0.05, 0) is 26.0 Å². The lowest BCUT2D eigenvalue weighted by Gasteiger charge is -2.11. The summed E-state index contributed by atoms with van der Waals surface area (Å²) in [7, 11) is -0.499. The number of carbonyl (C=O) groups excluding carboxylic acids is 1. The Hall–Kier alpha value is -1.34. The predicted octanol–water partition coefficient (Wildman–Crippen LogP) is 0.606. The molecule has 1 aromatic rings. The number of hydrogen-bond donors (Lipinski definition) is 2. The van der Waals surface area contributed by atoms with E-state index in [-0.39, 0.29) is 16.8 Å². The van der Waals surface area contributed by atoms with E-state index in [9.17, 15) is 13.2 Å². The summed E-state index contributed by atoms with van der Waals surface area (Å²) in [6.07, 6.45) is 5.71. The Bertz CT molecular complexity index is 571. The van der Waals surface area contributed by atoms with Gasteiger partial charge in [-0.2, -0.15) is 0 Å². The minimum absolute atomic E-state index is 0.106. The number of nitrogens with zero attached hydrogens (tertiary/aromatic N) is 1.